The number of nitrogens with zero attached hydrogens (tertiary/aromatic N) is 1. The first-order valence-electron chi connectivity index (χ1n) is 12.8. The van der Waals surface area contributed by atoms with Crippen LogP contribution in [0, 0.1) is 29.1 Å². The maximum absolute atomic E-state index is 8.99. The molecule has 2 aliphatic rings. The Morgan fingerprint density at radius 3 is 1.87 bits per heavy atom. The van der Waals surface area contributed by atoms with Gasteiger partial charge in [-0.05, 0) is 85.0 Å². The fraction of sp³-hybridized carbons (Fsp3) is 0.567. The highest BCUT2D eigenvalue weighted by Crippen LogP contribution is 2.41. The van der Waals surface area contributed by atoms with Crippen molar-refractivity contribution in [3.63, 3.8) is 0 Å². The van der Waals surface area contributed by atoms with Crippen molar-refractivity contribution >= 4 is 0 Å². The van der Waals surface area contributed by atoms with Crippen LogP contribution in [0.25, 0.3) is 0 Å². The molecule has 0 bridgehead atoms. The maximum atomic E-state index is 8.99. The summed E-state index contributed by atoms with van der Waals surface area (Å²) in [5.74, 6) is 4.29. The molecule has 0 N–H and O–H groups in total. The van der Waals surface area contributed by atoms with E-state index in [4.69, 9.17) is 5.26 Å². The molecular formula is C30H39N. The molecule has 0 saturated heterocycles. The van der Waals surface area contributed by atoms with Gasteiger partial charge in [-0.25, -0.2) is 0 Å². The molecule has 0 aliphatic heterocycles. The minimum atomic E-state index is 0.703. The molecule has 2 saturated carbocycles. The van der Waals surface area contributed by atoms with Crippen LogP contribution in [0.15, 0.2) is 54.6 Å². The van der Waals surface area contributed by atoms with Crippen LogP contribution in [-0.4, -0.2) is 0 Å². The molecule has 4 rings (SSSR count). The van der Waals surface area contributed by atoms with Gasteiger partial charge in [0, 0.05) is 0 Å². The lowest BCUT2D eigenvalue weighted by molar-refractivity contribution is 0.220. The Bertz CT molecular complexity index is 815. The Labute approximate surface area is 189 Å². The summed E-state index contributed by atoms with van der Waals surface area (Å²) in [6.07, 6.45) is 15.6. The van der Waals surface area contributed by atoms with Crippen molar-refractivity contribution in [3.05, 3.63) is 71.3 Å². The first kappa shape index (κ1) is 22.1. The summed E-state index contributed by atoms with van der Waals surface area (Å²) in [6, 6.07) is 21.6. The Balaban J connectivity index is 1.13. The van der Waals surface area contributed by atoms with Gasteiger partial charge in [-0.1, -0.05) is 87.9 Å². The van der Waals surface area contributed by atoms with E-state index in [1.165, 1.54) is 81.8 Å². The second-order valence-electron chi connectivity index (χ2n) is 10.5. The number of hydrogen-bond donors (Lipinski definition) is 0. The molecule has 0 amide bonds. The van der Waals surface area contributed by atoms with Crippen LogP contribution in [0.5, 0.6) is 0 Å². The third-order valence-corrected chi connectivity index (χ3v) is 8.36. The fourth-order valence-electron chi connectivity index (χ4n) is 6.26. The Morgan fingerprint density at radius 2 is 1.29 bits per heavy atom. The van der Waals surface area contributed by atoms with Gasteiger partial charge < -0.3 is 0 Å². The van der Waals surface area contributed by atoms with Crippen molar-refractivity contribution in [2.45, 2.75) is 89.4 Å². The van der Waals surface area contributed by atoms with Crippen LogP contribution >= 0.6 is 0 Å². The van der Waals surface area contributed by atoms with E-state index in [9.17, 15) is 0 Å². The molecule has 0 aromatic heterocycles. The lowest BCUT2D eigenvalue weighted by Gasteiger charge is -2.33. The molecule has 2 aromatic rings. The molecule has 1 atom stereocenters. The predicted molar refractivity (Wildman–Crippen MR) is 130 cm³/mol. The first-order chi connectivity index (χ1) is 15.2. The molecule has 1 unspecified atom stereocenters. The molecule has 164 valence electrons. The quantitative estimate of drug-likeness (QED) is 0.445. The van der Waals surface area contributed by atoms with E-state index in [1.807, 2.05) is 12.1 Å². The van der Waals surface area contributed by atoms with Gasteiger partial charge in [-0.2, -0.15) is 5.26 Å². The van der Waals surface area contributed by atoms with Gasteiger partial charge >= 0.3 is 0 Å². The summed E-state index contributed by atoms with van der Waals surface area (Å²) in [6.45, 7) is 2.41. The minimum absolute atomic E-state index is 0.703. The predicted octanol–water partition coefficient (Wildman–Crippen LogP) is 8.61. The highest BCUT2D eigenvalue weighted by Gasteiger charge is 2.26. The average Bonchev–Trinajstić information content (AvgIpc) is 2.84. The van der Waals surface area contributed by atoms with Crippen molar-refractivity contribution in [3.8, 4) is 6.07 Å². The Morgan fingerprint density at radius 1 is 0.742 bits per heavy atom. The van der Waals surface area contributed by atoms with Crippen LogP contribution in [-0.2, 0) is 0 Å². The van der Waals surface area contributed by atoms with E-state index >= 15 is 0 Å². The summed E-state index contributed by atoms with van der Waals surface area (Å²) in [7, 11) is 0. The zero-order chi connectivity index (χ0) is 21.5. The van der Waals surface area contributed by atoms with Gasteiger partial charge in [-0.3, -0.25) is 0 Å². The molecular weight excluding hydrogens is 374 g/mol. The molecule has 2 fully saturated rings. The van der Waals surface area contributed by atoms with Gasteiger partial charge in [0.15, 0.2) is 0 Å². The van der Waals surface area contributed by atoms with Gasteiger partial charge in [-0.15, -0.1) is 0 Å². The maximum Gasteiger partial charge on any atom is 0.0991 e. The molecule has 0 heterocycles. The topological polar surface area (TPSA) is 23.8 Å². The molecule has 1 nitrogen and oxygen atoms in total. The monoisotopic (exact) mass is 413 g/mol. The third kappa shape index (κ3) is 6.22. The van der Waals surface area contributed by atoms with Crippen molar-refractivity contribution in [2.75, 3.05) is 0 Å². The van der Waals surface area contributed by atoms with E-state index in [1.54, 1.807) is 0 Å². The lowest BCUT2D eigenvalue weighted by Crippen LogP contribution is -2.18. The fourth-order valence-corrected chi connectivity index (χ4v) is 6.26. The van der Waals surface area contributed by atoms with Crippen LogP contribution in [0.3, 0.4) is 0 Å². The van der Waals surface area contributed by atoms with Gasteiger partial charge in [0.25, 0.3) is 0 Å². The van der Waals surface area contributed by atoms with Crippen molar-refractivity contribution in [1.29, 1.82) is 5.26 Å². The van der Waals surface area contributed by atoms with E-state index in [0.29, 0.717) is 11.8 Å². The van der Waals surface area contributed by atoms with E-state index in [2.05, 4.69) is 55.5 Å². The average molecular weight is 414 g/mol. The zero-order valence-electron chi connectivity index (χ0n) is 19.3. The molecule has 31 heavy (non-hydrogen) atoms. The van der Waals surface area contributed by atoms with E-state index in [0.717, 1.165) is 23.3 Å². The van der Waals surface area contributed by atoms with Crippen molar-refractivity contribution in [2.24, 2.45) is 17.8 Å². The van der Waals surface area contributed by atoms with Crippen LogP contribution < -0.4 is 0 Å². The van der Waals surface area contributed by atoms with Crippen LogP contribution in [0.2, 0.25) is 0 Å². The summed E-state index contributed by atoms with van der Waals surface area (Å²) in [5.41, 5.74) is 3.74. The first-order valence-corrected chi connectivity index (χ1v) is 12.8. The smallest absolute Gasteiger partial charge is 0.0991 e. The van der Waals surface area contributed by atoms with Gasteiger partial charge in [0.1, 0.15) is 0 Å². The molecule has 1 heteroatoms. The Kier molecular flexibility index (Phi) is 7.85. The van der Waals surface area contributed by atoms with Crippen molar-refractivity contribution in [1.82, 2.24) is 0 Å². The van der Waals surface area contributed by atoms with Crippen molar-refractivity contribution < 1.29 is 0 Å². The van der Waals surface area contributed by atoms with Crippen LogP contribution in [0.4, 0.5) is 0 Å². The van der Waals surface area contributed by atoms with Gasteiger partial charge in [0.05, 0.1) is 11.6 Å². The number of rotatable bonds is 7. The highest BCUT2D eigenvalue weighted by molar-refractivity contribution is 5.33. The summed E-state index contributed by atoms with van der Waals surface area (Å²) in [5, 5.41) is 8.99. The zero-order valence-corrected chi connectivity index (χ0v) is 19.3. The normalized spacial score (nSPS) is 27.4. The summed E-state index contributed by atoms with van der Waals surface area (Å²) < 4.78 is 0. The van der Waals surface area contributed by atoms with E-state index < -0.39 is 0 Å². The highest BCUT2D eigenvalue weighted by atomic mass is 14.3. The Hall–Kier alpha value is -2.07. The van der Waals surface area contributed by atoms with Crippen LogP contribution in [0.1, 0.15) is 106 Å². The molecule has 0 spiro atoms. The molecule has 0 radical (unpaired) electrons. The number of benzene rings is 2. The third-order valence-electron chi connectivity index (χ3n) is 8.36. The number of nitriles is 1. The molecule has 2 aliphatic carbocycles. The standard InChI is InChI=1S/C30H39N/c1-23(28-5-3-2-4-6-28)21-26-11-9-24(10-12-26)7-8-25-13-17-29(18-14-25)30-19-15-27(22-31)16-20-30/h2-6,15-16,19-20,23-26,29H,7-14,17-18,21H2,1H3. The SMILES string of the molecule is CC(CC1CCC(CCC2CCC(c3ccc(C#N)cc3)CC2)CC1)c1ccccc1. The second kappa shape index (κ2) is 11.0. The summed E-state index contributed by atoms with van der Waals surface area (Å²) >= 11 is 0. The molecule has 2 aromatic carbocycles. The largest absolute Gasteiger partial charge is 0.192 e. The lowest BCUT2D eigenvalue weighted by atomic mass is 9.73. The number of hydrogen-bond acceptors (Lipinski definition) is 1. The minimum Gasteiger partial charge on any atom is -0.192 e. The second-order valence-corrected chi connectivity index (χ2v) is 10.5. The van der Waals surface area contributed by atoms with E-state index in [-0.39, 0.29) is 0 Å². The van der Waals surface area contributed by atoms with Gasteiger partial charge in [0.2, 0.25) is 0 Å². The summed E-state index contributed by atoms with van der Waals surface area (Å²) in [4.78, 5) is 0.